The van der Waals surface area contributed by atoms with Gasteiger partial charge in [-0.1, -0.05) is 12.1 Å². The first-order valence-corrected chi connectivity index (χ1v) is 3.24. The third-order valence-electron chi connectivity index (χ3n) is 1.26. The molecule has 2 heteroatoms. The average molecular weight is 144 g/mol. The molecule has 0 saturated heterocycles. The Balaban J connectivity index is 2.90. The van der Waals surface area contributed by atoms with Crippen LogP contribution in [0.5, 0.6) is 0 Å². The lowest BCUT2D eigenvalue weighted by molar-refractivity contribution is 1.53. The monoisotopic (exact) mass is 144 g/mol. The zero-order valence-corrected chi connectivity index (χ0v) is 5.99. The highest BCUT2D eigenvalue weighted by Gasteiger charge is 1.85. The zero-order valence-electron chi connectivity index (χ0n) is 5.99. The topological polar surface area (TPSA) is 49.8 Å². The second-order valence-corrected chi connectivity index (χ2v) is 2.13. The van der Waals surface area contributed by atoms with Crippen molar-refractivity contribution >= 4 is 11.8 Å². The van der Waals surface area contributed by atoms with E-state index in [1.54, 1.807) is 6.08 Å². The van der Waals surface area contributed by atoms with Crippen LogP contribution >= 0.6 is 0 Å². The molecule has 1 aromatic rings. The van der Waals surface area contributed by atoms with Crippen molar-refractivity contribution in [1.82, 2.24) is 0 Å². The molecule has 54 valence electrons. The predicted molar refractivity (Wildman–Crippen MR) is 45.5 cm³/mol. The van der Waals surface area contributed by atoms with Crippen molar-refractivity contribution in [3.05, 3.63) is 35.9 Å². The van der Waals surface area contributed by atoms with Gasteiger partial charge >= 0.3 is 0 Å². The molecule has 0 unspecified atom stereocenters. The maximum absolute atomic E-state index is 8.23. The van der Waals surface area contributed by atoms with E-state index in [2.05, 4.69) is 0 Å². The van der Waals surface area contributed by atoms with Gasteiger partial charge in [0.05, 0.1) is 6.07 Å². The number of anilines is 1. The van der Waals surface area contributed by atoms with Crippen LogP contribution in [0.2, 0.25) is 0 Å². The lowest BCUT2D eigenvalue weighted by Gasteiger charge is -1.93. The SMILES string of the molecule is N#C/C=C\c1cccc(N)c1. The Labute approximate surface area is 65.6 Å². The van der Waals surface area contributed by atoms with Gasteiger partial charge in [-0.2, -0.15) is 5.26 Å². The fourth-order valence-electron chi connectivity index (χ4n) is 0.796. The fraction of sp³-hybridized carbons (Fsp3) is 0. The molecule has 2 nitrogen and oxygen atoms in total. The van der Waals surface area contributed by atoms with Gasteiger partial charge in [0, 0.05) is 11.8 Å². The van der Waals surface area contributed by atoms with Gasteiger partial charge in [0.15, 0.2) is 0 Å². The number of nitrogens with two attached hydrogens (primary N) is 1. The van der Waals surface area contributed by atoms with E-state index in [1.807, 2.05) is 30.3 Å². The van der Waals surface area contributed by atoms with Gasteiger partial charge in [0.2, 0.25) is 0 Å². The number of nitrogen functional groups attached to an aromatic ring is 1. The van der Waals surface area contributed by atoms with Gasteiger partial charge in [-0.25, -0.2) is 0 Å². The van der Waals surface area contributed by atoms with E-state index in [1.165, 1.54) is 6.08 Å². The molecule has 0 spiro atoms. The van der Waals surface area contributed by atoms with Crippen LogP contribution < -0.4 is 5.73 Å². The minimum Gasteiger partial charge on any atom is -0.399 e. The number of allylic oxidation sites excluding steroid dienone is 1. The highest BCUT2D eigenvalue weighted by Crippen LogP contribution is 2.07. The molecule has 0 atom stereocenters. The predicted octanol–water partition coefficient (Wildman–Crippen LogP) is 1.81. The summed E-state index contributed by atoms with van der Waals surface area (Å²) < 4.78 is 0. The smallest absolute Gasteiger partial charge is 0.0912 e. The highest BCUT2D eigenvalue weighted by atomic mass is 14.5. The quantitative estimate of drug-likeness (QED) is 0.482. The summed E-state index contributed by atoms with van der Waals surface area (Å²) >= 11 is 0. The number of nitriles is 1. The third-order valence-corrected chi connectivity index (χ3v) is 1.26. The Kier molecular flexibility index (Phi) is 2.29. The summed E-state index contributed by atoms with van der Waals surface area (Å²) in [6.45, 7) is 0. The van der Waals surface area contributed by atoms with Gasteiger partial charge in [0.1, 0.15) is 0 Å². The van der Waals surface area contributed by atoms with Crippen molar-refractivity contribution in [2.45, 2.75) is 0 Å². The Bertz CT molecular complexity index is 308. The second kappa shape index (κ2) is 3.43. The number of hydrogen-bond donors (Lipinski definition) is 1. The molecule has 2 N–H and O–H groups in total. The van der Waals surface area contributed by atoms with Crippen molar-refractivity contribution in [3.63, 3.8) is 0 Å². The van der Waals surface area contributed by atoms with Crippen LogP contribution in [0.15, 0.2) is 30.3 Å². The van der Waals surface area contributed by atoms with Gasteiger partial charge in [-0.05, 0) is 23.8 Å². The molecular weight excluding hydrogens is 136 g/mol. The largest absolute Gasteiger partial charge is 0.399 e. The molecule has 0 fully saturated rings. The second-order valence-electron chi connectivity index (χ2n) is 2.13. The van der Waals surface area contributed by atoms with Gasteiger partial charge < -0.3 is 5.73 Å². The summed E-state index contributed by atoms with van der Waals surface area (Å²) in [5, 5.41) is 8.23. The molecule has 1 aromatic carbocycles. The molecule has 0 radical (unpaired) electrons. The van der Waals surface area contributed by atoms with Crippen LogP contribution in [0.1, 0.15) is 5.56 Å². The number of rotatable bonds is 1. The van der Waals surface area contributed by atoms with Crippen molar-refractivity contribution in [1.29, 1.82) is 5.26 Å². The molecule has 0 heterocycles. The van der Waals surface area contributed by atoms with Crippen LogP contribution in [0, 0.1) is 11.3 Å². The molecule has 0 aliphatic rings. The highest BCUT2D eigenvalue weighted by molar-refractivity contribution is 5.56. The van der Waals surface area contributed by atoms with E-state index in [4.69, 9.17) is 11.0 Å². The summed E-state index contributed by atoms with van der Waals surface area (Å²) in [7, 11) is 0. The minimum absolute atomic E-state index is 0.713. The molecular formula is C9H8N2. The molecule has 0 aliphatic heterocycles. The van der Waals surface area contributed by atoms with Crippen LogP contribution in [0.25, 0.3) is 6.08 Å². The van der Waals surface area contributed by atoms with E-state index >= 15 is 0 Å². The standard InChI is InChI=1S/C9H8N2/c10-6-2-4-8-3-1-5-9(11)7-8/h1-5,7H,11H2/b4-2-. The maximum Gasteiger partial charge on any atom is 0.0912 e. The lowest BCUT2D eigenvalue weighted by Crippen LogP contribution is -1.83. The molecule has 0 amide bonds. The van der Waals surface area contributed by atoms with Gasteiger partial charge in [-0.3, -0.25) is 0 Å². The lowest BCUT2D eigenvalue weighted by atomic mass is 10.2. The van der Waals surface area contributed by atoms with Crippen LogP contribution in [-0.4, -0.2) is 0 Å². The van der Waals surface area contributed by atoms with E-state index in [0.29, 0.717) is 5.69 Å². The maximum atomic E-state index is 8.23. The summed E-state index contributed by atoms with van der Waals surface area (Å²) in [5.74, 6) is 0. The molecule has 1 rings (SSSR count). The number of hydrogen-bond acceptors (Lipinski definition) is 2. The van der Waals surface area contributed by atoms with Crippen molar-refractivity contribution in [3.8, 4) is 6.07 Å². The van der Waals surface area contributed by atoms with E-state index < -0.39 is 0 Å². The Morgan fingerprint density at radius 3 is 2.91 bits per heavy atom. The van der Waals surface area contributed by atoms with Gasteiger partial charge in [0.25, 0.3) is 0 Å². The van der Waals surface area contributed by atoms with Crippen LogP contribution in [0.3, 0.4) is 0 Å². The van der Waals surface area contributed by atoms with Crippen LogP contribution in [-0.2, 0) is 0 Å². The molecule has 0 bridgehead atoms. The van der Waals surface area contributed by atoms with E-state index in [9.17, 15) is 0 Å². The summed E-state index contributed by atoms with van der Waals surface area (Å²) in [6, 6.07) is 9.28. The zero-order chi connectivity index (χ0) is 8.10. The van der Waals surface area contributed by atoms with E-state index in [0.717, 1.165) is 5.56 Å². The minimum atomic E-state index is 0.713. The van der Waals surface area contributed by atoms with Crippen molar-refractivity contribution < 1.29 is 0 Å². The fourth-order valence-corrected chi connectivity index (χ4v) is 0.796. The molecule has 0 aromatic heterocycles. The number of benzene rings is 1. The first kappa shape index (κ1) is 7.36. The van der Waals surface area contributed by atoms with Gasteiger partial charge in [-0.15, -0.1) is 0 Å². The van der Waals surface area contributed by atoms with Crippen molar-refractivity contribution in [2.75, 3.05) is 5.73 Å². The third kappa shape index (κ3) is 2.15. The molecule has 0 saturated carbocycles. The molecule has 11 heavy (non-hydrogen) atoms. The average Bonchev–Trinajstić information content (AvgIpc) is 2.01. The summed E-state index contributed by atoms with van der Waals surface area (Å²) in [6.07, 6.45) is 3.14. The van der Waals surface area contributed by atoms with E-state index in [-0.39, 0.29) is 0 Å². The Morgan fingerprint density at radius 2 is 2.27 bits per heavy atom. The summed E-state index contributed by atoms with van der Waals surface area (Å²) in [5.41, 5.74) is 7.18. The summed E-state index contributed by atoms with van der Waals surface area (Å²) in [4.78, 5) is 0. The van der Waals surface area contributed by atoms with Crippen LogP contribution in [0.4, 0.5) is 5.69 Å². The normalized spacial score (nSPS) is 9.73. The first-order chi connectivity index (χ1) is 5.33. The van der Waals surface area contributed by atoms with Crippen molar-refractivity contribution in [2.24, 2.45) is 0 Å². The Morgan fingerprint density at radius 1 is 1.45 bits per heavy atom. The first-order valence-electron chi connectivity index (χ1n) is 3.24. The number of nitrogens with zero attached hydrogens (tertiary/aromatic N) is 1. The Hall–Kier alpha value is -1.75. The molecule has 0 aliphatic carbocycles.